The maximum Gasteiger partial charge on any atom is 0.111 e. The molecule has 0 aromatic carbocycles. The molecule has 0 fully saturated rings. The van der Waals surface area contributed by atoms with Crippen molar-refractivity contribution in [1.82, 2.24) is 9.55 Å². The molecule has 80 valence electrons. The lowest BCUT2D eigenvalue weighted by molar-refractivity contribution is 0.160. The zero-order chi connectivity index (χ0) is 10.4. The van der Waals surface area contributed by atoms with E-state index in [0.29, 0.717) is 6.42 Å². The predicted molar refractivity (Wildman–Crippen MR) is 57.1 cm³/mol. The van der Waals surface area contributed by atoms with E-state index in [2.05, 4.69) is 23.4 Å². The summed E-state index contributed by atoms with van der Waals surface area (Å²) in [6.45, 7) is 5.22. The van der Waals surface area contributed by atoms with Crippen molar-refractivity contribution in [3.8, 4) is 0 Å². The van der Waals surface area contributed by atoms with Gasteiger partial charge in [0.05, 0.1) is 6.10 Å². The monoisotopic (exact) mass is 196 g/mol. The largest absolute Gasteiger partial charge is 0.393 e. The Morgan fingerprint density at radius 3 is 2.86 bits per heavy atom. The van der Waals surface area contributed by atoms with Crippen LogP contribution in [0.5, 0.6) is 0 Å². The highest BCUT2D eigenvalue weighted by Crippen LogP contribution is 2.06. The molecule has 0 aliphatic carbocycles. The number of nitrogens with zero attached hydrogens (tertiary/aromatic N) is 2. The summed E-state index contributed by atoms with van der Waals surface area (Å²) in [5, 5.41) is 9.66. The van der Waals surface area contributed by atoms with Gasteiger partial charge in [-0.15, -0.1) is 0 Å². The molecule has 0 bridgehead atoms. The minimum atomic E-state index is -0.238. The first kappa shape index (κ1) is 11.2. The van der Waals surface area contributed by atoms with Crippen molar-refractivity contribution >= 4 is 0 Å². The molecule has 1 atom stereocenters. The number of aromatic nitrogens is 2. The number of hydrogen-bond donors (Lipinski definition) is 1. The van der Waals surface area contributed by atoms with Crippen molar-refractivity contribution in [2.24, 2.45) is 0 Å². The average molecular weight is 196 g/mol. The number of aryl methyl sites for hydroxylation is 1. The summed E-state index contributed by atoms with van der Waals surface area (Å²) in [7, 11) is 0. The predicted octanol–water partition coefficient (Wildman–Crippen LogP) is 2.00. The Morgan fingerprint density at radius 1 is 1.43 bits per heavy atom. The van der Waals surface area contributed by atoms with Crippen molar-refractivity contribution in [2.45, 2.75) is 52.2 Å². The molecule has 1 N–H and O–H groups in total. The fourth-order valence-electron chi connectivity index (χ4n) is 1.62. The van der Waals surface area contributed by atoms with E-state index in [9.17, 15) is 5.11 Å². The van der Waals surface area contributed by atoms with Crippen molar-refractivity contribution < 1.29 is 5.11 Å². The van der Waals surface area contributed by atoms with Gasteiger partial charge in [0.15, 0.2) is 0 Å². The molecule has 0 amide bonds. The van der Waals surface area contributed by atoms with Gasteiger partial charge in [-0.1, -0.05) is 20.3 Å². The molecule has 1 aromatic heterocycles. The van der Waals surface area contributed by atoms with Gasteiger partial charge in [-0.05, 0) is 12.8 Å². The Balaban J connectivity index is 2.52. The highest BCUT2D eigenvalue weighted by Gasteiger charge is 2.08. The third-order valence-electron chi connectivity index (χ3n) is 2.31. The Hall–Kier alpha value is -0.830. The minimum absolute atomic E-state index is 0.238. The molecular formula is C11H20N2O. The zero-order valence-corrected chi connectivity index (χ0v) is 9.11. The third kappa shape index (κ3) is 3.14. The maximum atomic E-state index is 9.66. The van der Waals surface area contributed by atoms with Crippen molar-refractivity contribution in [1.29, 1.82) is 0 Å². The highest BCUT2D eigenvalue weighted by molar-refractivity contribution is 4.94. The summed E-state index contributed by atoms with van der Waals surface area (Å²) < 4.78 is 2.12. The normalized spacial score (nSPS) is 13.1. The number of hydrogen-bond acceptors (Lipinski definition) is 2. The van der Waals surface area contributed by atoms with Gasteiger partial charge in [-0.25, -0.2) is 4.98 Å². The van der Waals surface area contributed by atoms with Crippen LogP contribution in [0.4, 0.5) is 0 Å². The molecule has 1 aromatic rings. The van der Waals surface area contributed by atoms with Crippen LogP contribution in [0, 0.1) is 0 Å². The second-order valence-corrected chi connectivity index (χ2v) is 3.68. The number of rotatable bonds is 6. The van der Waals surface area contributed by atoms with Crippen molar-refractivity contribution in [3.63, 3.8) is 0 Å². The lowest BCUT2D eigenvalue weighted by Crippen LogP contribution is -2.14. The number of aliphatic hydroxyl groups excluding tert-OH is 1. The Morgan fingerprint density at radius 2 is 2.21 bits per heavy atom. The van der Waals surface area contributed by atoms with E-state index >= 15 is 0 Å². The van der Waals surface area contributed by atoms with Gasteiger partial charge in [-0.2, -0.15) is 0 Å². The molecule has 0 saturated heterocycles. The first-order valence-corrected chi connectivity index (χ1v) is 5.46. The van der Waals surface area contributed by atoms with E-state index in [0.717, 1.165) is 31.6 Å². The smallest absolute Gasteiger partial charge is 0.111 e. The lowest BCUT2D eigenvalue weighted by atomic mass is 10.1. The Bertz CT molecular complexity index is 258. The molecule has 3 heteroatoms. The van der Waals surface area contributed by atoms with E-state index in [1.807, 2.05) is 12.4 Å². The lowest BCUT2D eigenvalue weighted by Gasteiger charge is -2.10. The molecule has 3 nitrogen and oxygen atoms in total. The van der Waals surface area contributed by atoms with Crippen LogP contribution in [0.3, 0.4) is 0 Å². The quantitative estimate of drug-likeness (QED) is 0.755. The zero-order valence-electron chi connectivity index (χ0n) is 9.11. The molecule has 1 heterocycles. The standard InChI is InChI=1S/C11H20N2O/c1-3-5-10(14)9-11-12-6-8-13(11)7-4-2/h6,8,10,14H,3-5,7,9H2,1-2H3. The van der Waals surface area contributed by atoms with E-state index in [4.69, 9.17) is 0 Å². The van der Waals surface area contributed by atoms with E-state index < -0.39 is 0 Å². The van der Waals surface area contributed by atoms with Gasteiger partial charge in [0.25, 0.3) is 0 Å². The molecule has 0 aliphatic rings. The second-order valence-electron chi connectivity index (χ2n) is 3.68. The van der Waals surface area contributed by atoms with Crippen LogP contribution in [0.15, 0.2) is 12.4 Å². The summed E-state index contributed by atoms with van der Waals surface area (Å²) in [5.41, 5.74) is 0. The summed E-state index contributed by atoms with van der Waals surface area (Å²) in [4.78, 5) is 4.26. The van der Waals surface area contributed by atoms with E-state index in [-0.39, 0.29) is 6.10 Å². The van der Waals surface area contributed by atoms with Crippen LogP contribution in [-0.4, -0.2) is 20.8 Å². The first-order chi connectivity index (χ1) is 6.77. The maximum absolute atomic E-state index is 9.66. The summed E-state index contributed by atoms with van der Waals surface area (Å²) in [6.07, 6.45) is 7.22. The molecule has 0 spiro atoms. The van der Waals surface area contributed by atoms with Crippen molar-refractivity contribution in [2.75, 3.05) is 0 Å². The van der Waals surface area contributed by atoms with Crippen LogP contribution in [0.1, 0.15) is 38.9 Å². The van der Waals surface area contributed by atoms with Crippen LogP contribution in [0.2, 0.25) is 0 Å². The Kier molecular flexibility index (Phi) is 4.66. The van der Waals surface area contributed by atoms with Crippen molar-refractivity contribution in [3.05, 3.63) is 18.2 Å². The first-order valence-electron chi connectivity index (χ1n) is 5.46. The molecule has 1 rings (SSSR count). The second kappa shape index (κ2) is 5.81. The number of aliphatic hydroxyl groups is 1. The van der Waals surface area contributed by atoms with E-state index in [1.54, 1.807) is 0 Å². The molecule has 14 heavy (non-hydrogen) atoms. The summed E-state index contributed by atoms with van der Waals surface area (Å²) in [5.74, 6) is 1.01. The fourth-order valence-corrected chi connectivity index (χ4v) is 1.62. The fraction of sp³-hybridized carbons (Fsp3) is 0.727. The number of imidazole rings is 1. The third-order valence-corrected chi connectivity index (χ3v) is 2.31. The van der Waals surface area contributed by atoms with Gasteiger partial charge < -0.3 is 9.67 Å². The van der Waals surface area contributed by atoms with Gasteiger partial charge >= 0.3 is 0 Å². The molecule has 1 unspecified atom stereocenters. The molecule has 0 aliphatic heterocycles. The molecule has 0 radical (unpaired) electrons. The van der Waals surface area contributed by atoms with E-state index in [1.165, 1.54) is 0 Å². The van der Waals surface area contributed by atoms with Gasteiger partial charge in [0.2, 0.25) is 0 Å². The summed E-state index contributed by atoms with van der Waals surface area (Å²) in [6, 6.07) is 0. The van der Waals surface area contributed by atoms with Crippen LogP contribution in [0.25, 0.3) is 0 Å². The average Bonchev–Trinajstić information content (AvgIpc) is 2.54. The molecule has 0 saturated carbocycles. The van der Waals surface area contributed by atoms with Crippen LogP contribution >= 0.6 is 0 Å². The van der Waals surface area contributed by atoms with Gasteiger partial charge in [-0.3, -0.25) is 0 Å². The topological polar surface area (TPSA) is 38.1 Å². The Labute approximate surface area is 85.8 Å². The van der Waals surface area contributed by atoms with Crippen LogP contribution < -0.4 is 0 Å². The SMILES string of the molecule is CCCC(O)Cc1nccn1CCC. The van der Waals surface area contributed by atoms with Gasteiger partial charge in [0, 0.05) is 25.4 Å². The highest BCUT2D eigenvalue weighted by atomic mass is 16.3. The summed E-state index contributed by atoms with van der Waals surface area (Å²) >= 11 is 0. The van der Waals surface area contributed by atoms with Gasteiger partial charge in [0.1, 0.15) is 5.82 Å². The molecular weight excluding hydrogens is 176 g/mol. The minimum Gasteiger partial charge on any atom is -0.393 e. The van der Waals surface area contributed by atoms with Crippen LogP contribution in [-0.2, 0) is 13.0 Å².